The van der Waals surface area contributed by atoms with E-state index in [1.165, 1.54) is 0 Å². The Hall–Kier alpha value is -0.0951. The van der Waals surface area contributed by atoms with Crippen LogP contribution in [0.25, 0.3) is 0 Å². The lowest BCUT2D eigenvalue weighted by Gasteiger charge is -2.39. The van der Waals surface area contributed by atoms with Gasteiger partial charge in [-0.15, -0.1) is 0 Å². The van der Waals surface area contributed by atoms with Gasteiger partial charge < -0.3 is 19.7 Å². The fourth-order valence-corrected chi connectivity index (χ4v) is 2.32. The Balaban J connectivity index is 2.35. The molecule has 0 aliphatic carbocycles. The number of ether oxygens (including phenoxy) is 2. The predicted octanol–water partition coefficient (Wildman–Crippen LogP) is -1.75. The molecule has 0 aromatic rings. The normalized spacial score (nSPS) is 55.3. The predicted molar refractivity (Wildman–Crippen MR) is 48.2 cm³/mol. The first-order chi connectivity index (χ1) is 6.05. The van der Waals surface area contributed by atoms with Gasteiger partial charge in [-0.3, -0.25) is 0 Å². The van der Waals surface area contributed by atoms with Crippen molar-refractivity contribution in [2.45, 2.75) is 36.7 Å². The second-order valence-electron chi connectivity index (χ2n) is 4.17. The second-order valence-corrected chi connectivity index (χ2v) is 4.17. The summed E-state index contributed by atoms with van der Waals surface area (Å²) in [7, 11) is 1.87. The Labute approximate surface area is 78.2 Å². The lowest BCUT2D eigenvalue weighted by molar-refractivity contribution is -0.166. The smallest absolute Gasteiger partial charge is 0.143 e. The molecular weight excluding hydrogens is 171 g/mol. The number of fused-ring (bicyclic) bond motifs is 2. The molecule has 0 amide bonds. The fraction of sp³-hybridized carbons (Fsp3) is 1.00. The van der Waals surface area contributed by atoms with Crippen molar-refractivity contribution in [1.82, 2.24) is 0 Å². The molecule has 2 rings (SSSR count). The molecule has 0 radical (unpaired) electrons. The van der Waals surface area contributed by atoms with Crippen LogP contribution in [0.5, 0.6) is 0 Å². The van der Waals surface area contributed by atoms with E-state index in [-0.39, 0.29) is 12.6 Å². The van der Waals surface area contributed by atoms with Crippen molar-refractivity contribution in [3.63, 3.8) is 0 Å². The Morgan fingerprint density at radius 3 is 2.85 bits per heavy atom. The lowest BCUT2D eigenvalue weighted by Crippen LogP contribution is -2.57. The standard InChI is InChI=1S/C8H15BO4/c1-7-5(11)8(4-10,2-3-12-7)13-6(7)9/h5-6,10-11H,2-4,9H2,1H3/t5-,6+,7+,8+/m0/s1. The Morgan fingerprint density at radius 1 is 1.62 bits per heavy atom. The average molecular weight is 186 g/mol. The zero-order chi connectivity index (χ0) is 9.69. The molecule has 0 saturated carbocycles. The van der Waals surface area contributed by atoms with E-state index in [4.69, 9.17) is 9.47 Å². The molecule has 2 N–H and O–H groups in total. The number of hydrogen-bond donors (Lipinski definition) is 2. The Bertz CT molecular complexity index is 224. The maximum atomic E-state index is 9.98. The number of hydrogen-bond acceptors (Lipinski definition) is 4. The SMILES string of the molecule is B[C@@H]1O[C@@]2(CO)CCO[C@]1(C)[C@@H]2O. The van der Waals surface area contributed by atoms with Crippen LogP contribution in [-0.4, -0.2) is 54.6 Å². The molecule has 2 heterocycles. The molecule has 0 spiro atoms. The van der Waals surface area contributed by atoms with Crippen molar-refractivity contribution in [1.29, 1.82) is 0 Å². The third-order valence-corrected chi connectivity index (χ3v) is 3.47. The molecule has 2 fully saturated rings. The maximum Gasteiger partial charge on any atom is 0.143 e. The van der Waals surface area contributed by atoms with Crippen molar-refractivity contribution >= 4 is 7.85 Å². The summed E-state index contributed by atoms with van der Waals surface area (Å²) in [5.41, 5.74) is -1.44. The van der Waals surface area contributed by atoms with Crippen molar-refractivity contribution < 1.29 is 19.7 Å². The Morgan fingerprint density at radius 2 is 2.31 bits per heavy atom. The van der Waals surface area contributed by atoms with Crippen molar-refractivity contribution in [3.8, 4) is 0 Å². The van der Waals surface area contributed by atoms with Gasteiger partial charge in [-0.2, -0.15) is 0 Å². The number of aliphatic hydroxyl groups is 2. The van der Waals surface area contributed by atoms with E-state index in [9.17, 15) is 10.2 Å². The van der Waals surface area contributed by atoms with Crippen LogP contribution < -0.4 is 0 Å². The summed E-state index contributed by atoms with van der Waals surface area (Å²) in [5.74, 6) is 0. The number of rotatable bonds is 1. The van der Waals surface area contributed by atoms with Gasteiger partial charge in [0, 0.05) is 6.42 Å². The highest BCUT2D eigenvalue weighted by Crippen LogP contribution is 2.45. The highest BCUT2D eigenvalue weighted by molar-refractivity contribution is 6.12. The summed E-state index contributed by atoms with van der Waals surface area (Å²) < 4.78 is 11.1. The summed E-state index contributed by atoms with van der Waals surface area (Å²) in [6, 6.07) is -0.169. The fourth-order valence-electron chi connectivity index (χ4n) is 2.32. The van der Waals surface area contributed by atoms with Crippen LogP contribution in [0.3, 0.4) is 0 Å². The third-order valence-electron chi connectivity index (χ3n) is 3.47. The van der Waals surface area contributed by atoms with Crippen LogP contribution in [0, 0.1) is 0 Å². The van der Waals surface area contributed by atoms with Gasteiger partial charge in [0.2, 0.25) is 0 Å². The van der Waals surface area contributed by atoms with Gasteiger partial charge in [0.05, 0.1) is 19.2 Å². The van der Waals surface area contributed by atoms with E-state index >= 15 is 0 Å². The summed E-state index contributed by atoms with van der Waals surface area (Å²) in [6.07, 6.45) is -0.168. The topological polar surface area (TPSA) is 58.9 Å². The molecule has 13 heavy (non-hydrogen) atoms. The first kappa shape index (κ1) is 9.46. The van der Waals surface area contributed by atoms with Gasteiger partial charge in [0.25, 0.3) is 0 Å². The molecular formula is C8H15BO4. The molecule has 0 aromatic heterocycles. The summed E-state index contributed by atoms with van der Waals surface area (Å²) in [5, 5.41) is 19.2. The van der Waals surface area contributed by atoms with Crippen LogP contribution in [0.15, 0.2) is 0 Å². The van der Waals surface area contributed by atoms with E-state index in [0.717, 1.165) is 0 Å². The largest absolute Gasteiger partial charge is 0.393 e. The summed E-state index contributed by atoms with van der Waals surface area (Å²) in [6.45, 7) is 2.23. The highest BCUT2D eigenvalue weighted by atomic mass is 16.6. The highest BCUT2D eigenvalue weighted by Gasteiger charge is 2.62. The third kappa shape index (κ3) is 1.02. The molecule has 0 aromatic carbocycles. The van der Waals surface area contributed by atoms with Crippen molar-refractivity contribution in [3.05, 3.63) is 0 Å². The van der Waals surface area contributed by atoms with Gasteiger partial charge in [-0.05, 0) is 6.92 Å². The molecule has 5 heteroatoms. The summed E-state index contributed by atoms with van der Waals surface area (Å²) in [4.78, 5) is 0. The molecule has 74 valence electrons. The minimum absolute atomic E-state index is 0.141. The van der Waals surface area contributed by atoms with Gasteiger partial charge in [0.1, 0.15) is 25.2 Å². The van der Waals surface area contributed by atoms with Gasteiger partial charge in [0.15, 0.2) is 0 Å². The zero-order valence-corrected chi connectivity index (χ0v) is 7.99. The lowest BCUT2D eigenvalue weighted by atomic mass is 9.76. The van der Waals surface area contributed by atoms with Crippen LogP contribution in [0.2, 0.25) is 0 Å². The average Bonchev–Trinajstić information content (AvgIpc) is 2.24. The van der Waals surface area contributed by atoms with Crippen LogP contribution in [0.4, 0.5) is 0 Å². The Kier molecular flexibility index (Phi) is 1.96. The maximum absolute atomic E-state index is 9.98. The van der Waals surface area contributed by atoms with Crippen LogP contribution >= 0.6 is 0 Å². The van der Waals surface area contributed by atoms with E-state index in [1.807, 2.05) is 14.8 Å². The van der Waals surface area contributed by atoms with E-state index in [0.29, 0.717) is 13.0 Å². The number of aliphatic hydroxyl groups excluding tert-OH is 2. The zero-order valence-electron chi connectivity index (χ0n) is 7.99. The minimum atomic E-state index is -0.785. The van der Waals surface area contributed by atoms with E-state index in [1.54, 1.807) is 0 Å². The van der Waals surface area contributed by atoms with E-state index in [2.05, 4.69) is 0 Å². The molecule has 2 saturated heterocycles. The second kappa shape index (κ2) is 2.70. The molecule has 4 atom stereocenters. The molecule has 2 aliphatic rings. The summed E-state index contributed by atoms with van der Waals surface area (Å²) >= 11 is 0. The van der Waals surface area contributed by atoms with Crippen LogP contribution in [0.1, 0.15) is 13.3 Å². The van der Waals surface area contributed by atoms with Crippen LogP contribution in [-0.2, 0) is 9.47 Å². The minimum Gasteiger partial charge on any atom is -0.393 e. The molecule has 4 nitrogen and oxygen atoms in total. The molecule has 2 bridgehead atoms. The first-order valence-electron chi connectivity index (χ1n) is 4.66. The van der Waals surface area contributed by atoms with Gasteiger partial charge >= 0.3 is 0 Å². The van der Waals surface area contributed by atoms with Crippen molar-refractivity contribution in [2.75, 3.05) is 13.2 Å². The van der Waals surface area contributed by atoms with E-state index < -0.39 is 17.3 Å². The van der Waals surface area contributed by atoms with Gasteiger partial charge in [-0.1, -0.05) is 0 Å². The molecule has 2 aliphatic heterocycles. The first-order valence-corrected chi connectivity index (χ1v) is 4.66. The van der Waals surface area contributed by atoms with Gasteiger partial charge in [-0.25, -0.2) is 0 Å². The molecule has 0 unspecified atom stereocenters. The van der Waals surface area contributed by atoms with Crippen molar-refractivity contribution in [2.24, 2.45) is 0 Å². The monoisotopic (exact) mass is 186 g/mol. The quantitative estimate of drug-likeness (QED) is 0.476.